The number of hydrogen-bond acceptors (Lipinski definition) is 7. The highest BCUT2D eigenvalue weighted by Crippen LogP contribution is 2.25. The van der Waals surface area contributed by atoms with Crippen molar-refractivity contribution in [2.75, 3.05) is 26.0 Å². The lowest BCUT2D eigenvalue weighted by atomic mass is 10.3. The molecular formula is C18H21N5O3S. The molecule has 1 aromatic carbocycles. The van der Waals surface area contributed by atoms with Crippen molar-refractivity contribution in [1.29, 1.82) is 0 Å². The van der Waals surface area contributed by atoms with Crippen LogP contribution in [-0.4, -0.2) is 51.5 Å². The molecule has 0 saturated carbocycles. The molecule has 1 amide bonds. The standard InChI is InChI=1S/C18H21N5O3S/c1-12-10-13(2)23-17(20-12)21-22-18(23)27-11-16(24)19-8-9-26-15-7-5-4-6-14(15)25-3/h4-7,10H,8-9,11H2,1-3H3,(H,19,24). The summed E-state index contributed by atoms with van der Waals surface area (Å²) < 4.78 is 12.7. The summed E-state index contributed by atoms with van der Waals surface area (Å²) in [6, 6.07) is 9.35. The number of rotatable bonds is 8. The van der Waals surface area contributed by atoms with E-state index in [1.54, 1.807) is 7.11 Å². The minimum Gasteiger partial charge on any atom is -0.493 e. The molecular weight excluding hydrogens is 366 g/mol. The van der Waals surface area contributed by atoms with E-state index in [2.05, 4.69) is 20.5 Å². The van der Waals surface area contributed by atoms with Gasteiger partial charge < -0.3 is 14.8 Å². The Morgan fingerprint density at radius 3 is 2.78 bits per heavy atom. The van der Waals surface area contributed by atoms with Crippen molar-refractivity contribution in [1.82, 2.24) is 24.9 Å². The van der Waals surface area contributed by atoms with Crippen molar-refractivity contribution in [3.63, 3.8) is 0 Å². The number of amides is 1. The van der Waals surface area contributed by atoms with Crippen LogP contribution in [-0.2, 0) is 4.79 Å². The zero-order valence-electron chi connectivity index (χ0n) is 15.4. The van der Waals surface area contributed by atoms with Crippen LogP contribution in [0.2, 0.25) is 0 Å². The van der Waals surface area contributed by atoms with Gasteiger partial charge in [0, 0.05) is 11.4 Å². The number of aryl methyl sites for hydroxylation is 2. The number of para-hydroxylation sites is 2. The quantitative estimate of drug-likeness (QED) is 0.467. The summed E-state index contributed by atoms with van der Waals surface area (Å²) in [4.78, 5) is 16.4. The van der Waals surface area contributed by atoms with Gasteiger partial charge in [-0.3, -0.25) is 9.20 Å². The number of aromatic nitrogens is 4. The second kappa shape index (κ2) is 8.72. The predicted molar refractivity (Wildman–Crippen MR) is 102 cm³/mol. The predicted octanol–water partition coefficient (Wildman–Crippen LogP) is 2.04. The first-order chi connectivity index (χ1) is 13.1. The molecule has 2 heterocycles. The Kier molecular flexibility index (Phi) is 6.12. The lowest BCUT2D eigenvalue weighted by Gasteiger charge is -2.10. The van der Waals surface area contributed by atoms with Crippen LogP contribution in [0.15, 0.2) is 35.5 Å². The van der Waals surface area contributed by atoms with Gasteiger partial charge in [-0.2, -0.15) is 0 Å². The van der Waals surface area contributed by atoms with Gasteiger partial charge in [-0.05, 0) is 32.0 Å². The Bertz CT molecular complexity index is 944. The molecule has 0 saturated heterocycles. The minimum absolute atomic E-state index is 0.0990. The minimum atomic E-state index is -0.0990. The van der Waals surface area contributed by atoms with Gasteiger partial charge in [0.1, 0.15) is 6.61 Å². The fraction of sp³-hybridized carbons (Fsp3) is 0.333. The van der Waals surface area contributed by atoms with Gasteiger partial charge >= 0.3 is 0 Å². The number of carbonyl (C=O) groups is 1. The number of fused-ring (bicyclic) bond motifs is 1. The Balaban J connectivity index is 1.46. The molecule has 27 heavy (non-hydrogen) atoms. The summed E-state index contributed by atoms with van der Waals surface area (Å²) in [5.74, 6) is 2.00. The third-order valence-corrected chi connectivity index (χ3v) is 4.68. The monoisotopic (exact) mass is 387 g/mol. The highest BCUT2D eigenvalue weighted by molar-refractivity contribution is 7.99. The van der Waals surface area contributed by atoms with Gasteiger partial charge in [0.2, 0.25) is 5.91 Å². The first-order valence-corrected chi connectivity index (χ1v) is 9.41. The molecule has 8 nitrogen and oxygen atoms in total. The van der Waals surface area contributed by atoms with Crippen molar-refractivity contribution in [3.05, 3.63) is 41.7 Å². The van der Waals surface area contributed by atoms with Crippen LogP contribution < -0.4 is 14.8 Å². The Morgan fingerprint density at radius 2 is 2.00 bits per heavy atom. The van der Waals surface area contributed by atoms with E-state index in [9.17, 15) is 4.79 Å². The van der Waals surface area contributed by atoms with Crippen LogP contribution in [0, 0.1) is 13.8 Å². The molecule has 3 rings (SSSR count). The van der Waals surface area contributed by atoms with Gasteiger partial charge in [0.05, 0.1) is 19.4 Å². The second-order valence-corrected chi connectivity index (χ2v) is 6.74. The summed E-state index contributed by atoms with van der Waals surface area (Å²) in [5, 5.41) is 11.7. The Morgan fingerprint density at radius 1 is 1.22 bits per heavy atom. The first-order valence-electron chi connectivity index (χ1n) is 8.43. The number of hydrogen-bond donors (Lipinski definition) is 1. The molecule has 0 unspecified atom stereocenters. The number of carbonyl (C=O) groups excluding carboxylic acids is 1. The molecule has 2 aromatic heterocycles. The van der Waals surface area contributed by atoms with E-state index in [0.29, 0.717) is 35.6 Å². The lowest BCUT2D eigenvalue weighted by Crippen LogP contribution is -2.29. The zero-order valence-corrected chi connectivity index (χ0v) is 16.2. The van der Waals surface area contributed by atoms with Crippen molar-refractivity contribution < 1.29 is 14.3 Å². The molecule has 3 aromatic rings. The lowest BCUT2D eigenvalue weighted by molar-refractivity contribution is -0.118. The second-order valence-electron chi connectivity index (χ2n) is 5.79. The summed E-state index contributed by atoms with van der Waals surface area (Å²) in [7, 11) is 1.59. The van der Waals surface area contributed by atoms with Crippen molar-refractivity contribution in [2.24, 2.45) is 0 Å². The van der Waals surface area contributed by atoms with Crippen LogP contribution in [0.1, 0.15) is 11.4 Å². The average molecular weight is 387 g/mol. The number of ether oxygens (including phenoxy) is 2. The summed E-state index contributed by atoms with van der Waals surface area (Å²) in [5.41, 5.74) is 1.87. The zero-order chi connectivity index (χ0) is 19.2. The SMILES string of the molecule is COc1ccccc1OCCNC(=O)CSc1nnc2nc(C)cc(C)n12. The van der Waals surface area contributed by atoms with E-state index in [1.807, 2.05) is 48.6 Å². The van der Waals surface area contributed by atoms with E-state index in [1.165, 1.54) is 11.8 Å². The molecule has 0 radical (unpaired) electrons. The summed E-state index contributed by atoms with van der Waals surface area (Å²) in [6.45, 7) is 4.63. The third kappa shape index (κ3) is 4.68. The highest BCUT2D eigenvalue weighted by atomic mass is 32.2. The fourth-order valence-electron chi connectivity index (χ4n) is 2.56. The van der Waals surface area contributed by atoms with E-state index < -0.39 is 0 Å². The normalized spacial score (nSPS) is 10.8. The van der Waals surface area contributed by atoms with Gasteiger partial charge in [-0.15, -0.1) is 10.2 Å². The molecule has 142 valence electrons. The number of methoxy groups -OCH3 is 1. The van der Waals surface area contributed by atoms with E-state index in [4.69, 9.17) is 9.47 Å². The number of nitrogens with zero attached hydrogens (tertiary/aromatic N) is 4. The van der Waals surface area contributed by atoms with E-state index in [0.717, 1.165) is 11.4 Å². The van der Waals surface area contributed by atoms with Crippen LogP contribution in [0.3, 0.4) is 0 Å². The maximum Gasteiger partial charge on any atom is 0.256 e. The topological polar surface area (TPSA) is 90.6 Å². The maximum absolute atomic E-state index is 12.1. The Labute approximate surface area is 161 Å². The van der Waals surface area contributed by atoms with Gasteiger partial charge in [0.25, 0.3) is 5.78 Å². The number of nitrogens with one attached hydrogen (secondary N) is 1. The van der Waals surface area contributed by atoms with Crippen molar-refractivity contribution in [3.8, 4) is 11.5 Å². The van der Waals surface area contributed by atoms with Crippen LogP contribution >= 0.6 is 11.8 Å². The largest absolute Gasteiger partial charge is 0.493 e. The fourth-order valence-corrected chi connectivity index (χ4v) is 3.38. The number of thioether (sulfide) groups is 1. The molecule has 0 atom stereocenters. The van der Waals surface area contributed by atoms with Gasteiger partial charge in [-0.25, -0.2) is 4.98 Å². The van der Waals surface area contributed by atoms with Crippen molar-refractivity contribution >= 4 is 23.4 Å². The first kappa shape index (κ1) is 19.0. The Hall–Kier alpha value is -2.81. The molecule has 0 aliphatic rings. The molecule has 0 bridgehead atoms. The molecule has 0 aliphatic heterocycles. The van der Waals surface area contributed by atoms with Gasteiger partial charge in [-0.1, -0.05) is 23.9 Å². The summed E-state index contributed by atoms with van der Waals surface area (Å²) in [6.07, 6.45) is 0. The molecule has 0 spiro atoms. The van der Waals surface area contributed by atoms with Crippen LogP contribution in [0.25, 0.3) is 5.78 Å². The molecule has 0 aliphatic carbocycles. The van der Waals surface area contributed by atoms with E-state index >= 15 is 0 Å². The molecule has 0 fully saturated rings. The van der Waals surface area contributed by atoms with Crippen LogP contribution in [0.4, 0.5) is 0 Å². The molecule has 1 N–H and O–H groups in total. The van der Waals surface area contributed by atoms with Gasteiger partial charge in [0.15, 0.2) is 16.7 Å². The van der Waals surface area contributed by atoms with E-state index in [-0.39, 0.29) is 11.7 Å². The maximum atomic E-state index is 12.1. The smallest absolute Gasteiger partial charge is 0.256 e. The third-order valence-electron chi connectivity index (χ3n) is 3.75. The van der Waals surface area contributed by atoms with Crippen molar-refractivity contribution in [2.45, 2.75) is 19.0 Å². The summed E-state index contributed by atoms with van der Waals surface area (Å²) >= 11 is 1.32. The average Bonchev–Trinajstić information content (AvgIpc) is 3.07. The highest BCUT2D eigenvalue weighted by Gasteiger charge is 2.12. The van der Waals surface area contributed by atoms with Crippen LogP contribution in [0.5, 0.6) is 11.5 Å². The number of benzene rings is 1. The molecule has 9 heteroatoms.